The molecule has 0 bridgehead atoms. The summed E-state index contributed by atoms with van der Waals surface area (Å²) in [6.07, 6.45) is 0.293. The standard InChI is InChI=1S/C23H22N2O4S/c1-14-8-10-18(11-9-14)30(28,29)24-13-16-12-19(26)15(2)20(16)21-22(24)23(27)25(21)17-6-4-3-5-7-17/h3-11,16,21-22H,12-13H2,1-2H3/t16-,21+,22-/m0/s1. The van der Waals surface area contributed by atoms with E-state index in [1.165, 1.54) is 4.31 Å². The van der Waals surface area contributed by atoms with Crippen LogP contribution in [0.1, 0.15) is 18.9 Å². The maximum atomic E-state index is 13.5. The first-order chi connectivity index (χ1) is 14.3. The lowest BCUT2D eigenvalue weighted by Crippen LogP contribution is -2.75. The maximum absolute atomic E-state index is 13.5. The summed E-state index contributed by atoms with van der Waals surface area (Å²) in [4.78, 5) is 27.5. The maximum Gasteiger partial charge on any atom is 0.248 e. The molecule has 3 atom stereocenters. The van der Waals surface area contributed by atoms with E-state index in [0.29, 0.717) is 12.0 Å². The zero-order valence-corrected chi connectivity index (χ0v) is 17.6. The Hall–Kier alpha value is -2.77. The second-order valence-electron chi connectivity index (χ2n) is 8.23. The molecule has 2 aromatic rings. The van der Waals surface area contributed by atoms with E-state index in [1.54, 1.807) is 36.1 Å². The molecule has 0 unspecified atom stereocenters. The van der Waals surface area contributed by atoms with Gasteiger partial charge >= 0.3 is 0 Å². The van der Waals surface area contributed by atoms with Gasteiger partial charge in [0.2, 0.25) is 15.9 Å². The molecule has 2 heterocycles. The van der Waals surface area contributed by atoms with Gasteiger partial charge in [0.25, 0.3) is 0 Å². The summed E-state index contributed by atoms with van der Waals surface area (Å²) in [5.74, 6) is -0.408. The lowest BCUT2D eigenvalue weighted by atomic mass is 9.78. The van der Waals surface area contributed by atoms with E-state index in [1.807, 2.05) is 37.3 Å². The summed E-state index contributed by atoms with van der Waals surface area (Å²) in [5.41, 5.74) is 3.28. The fraction of sp³-hybridized carbons (Fsp3) is 0.304. The molecule has 0 spiro atoms. The van der Waals surface area contributed by atoms with Gasteiger partial charge < -0.3 is 4.90 Å². The summed E-state index contributed by atoms with van der Waals surface area (Å²) in [6.45, 7) is 3.85. The van der Waals surface area contributed by atoms with Crippen LogP contribution in [-0.4, -0.2) is 43.0 Å². The van der Waals surface area contributed by atoms with Crippen LogP contribution in [0.4, 0.5) is 5.69 Å². The van der Waals surface area contributed by atoms with Crippen LogP contribution < -0.4 is 4.90 Å². The molecule has 0 aromatic heterocycles. The van der Waals surface area contributed by atoms with Crippen LogP contribution in [0.2, 0.25) is 0 Å². The van der Waals surface area contributed by atoms with Crippen LogP contribution in [-0.2, 0) is 19.6 Å². The number of rotatable bonds is 3. The molecular formula is C23H22N2O4S. The van der Waals surface area contributed by atoms with Gasteiger partial charge in [-0.1, -0.05) is 35.9 Å². The Morgan fingerprint density at radius 1 is 0.900 bits per heavy atom. The van der Waals surface area contributed by atoms with Gasteiger partial charge in [-0.3, -0.25) is 9.59 Å². The number of carbonyl (C=O) groups excluding carboxylic acids is 2. The Kier molecular flexibility index (Phi) is 4.24. The first-order valence-electron chi connectivity index (χ1n) is 10.0. The second-order valence-corrected chi connectivity index (χ2v) is 10.1. The van der Waals surface area contributed by atoms with Crippen molar-refractivity contribution in [3.8, 4) is 0 Å². The van der Waals surface area contributed by atoms with Crippen LogP contribution in [0.25, 0.3) is 0 Å². The number of ketones is 1. The van der Waals surface area contributed by atoms with Crippen molar-refractivity contribution in [3.63, 3.8) is 0 Å². The van der Waals surface area contributed by atoms with Crippen molar-refractivity contribution >= 4 is 27.4 Å². The molecule has 1 aliphatic carbocycles. The van der Waals surface area contributed by atoms with E-state index in [9.17, 15) is 18.0 Å². The molecule has 1 amide bonds. The molecule has 2 aliphatic heterocycles. The second kappa shape index (κ2) is 6.62. The molecule has 7 heteroatoms. The summed E-state index contributed by atoms with van der Waals surface area (Å²) in [5, 5.41) is 0. The Morgan fingerprint density at radius 2 is 1.57 bits per heavy atom. The number of hydrogen-bond acceptors (Lipinski definition) is 4. The van der Waals surface area contributed by atoms with Gasteiger partial charge in [-0.15, -0.1) is 0 Å². The first kappa shape index (κ1) is 19.2. The number of allylic oxidation sites excluding steroid dienone is 1. The van der Waals surface area contributed by atoms with Gasteiger partial charge in [0.1, 0.15) is 6.04 Å². The number of amides is 1. The van der Waals surface area contributed by atoms with Crippen LogP contribution in [0, 0.1) is 12.8 Å². The van der Waals surface area contributed by atoms with Crippen molar-refractivity contribution in [1.82, 2.24) is 4.31 Å². The fourth-order valence-corrected chi connectivity index (χ4v) is 6.58. The lowest BCUT2D eigenvalue weighted by molar-refractivity contribution is -0.130. The summed E-state index contributed by atoms with van der Waals surface area (Å²) < 4.78 is 28.3. The molecule has 2 fully saturated rings. The molecule has 154 valence electrons. The van der Waals surface area contributed by atoms with Gasteiger partial charge in [-0.05, 0) is 49.3 Å². The molecule has 3 aliphatic rings. The topological polar surface area (TPSA) is 74.8 Å². The fourth-order valence-electron chi connectivity index (χ4n) is 4.94. The predicted molar refractivity (Wildman–Crippen MR) is 112 cm³/mol. The highest BCUT2D eigenvalue weighted by atomic mass is 32.2. The number of β-lactam (4-membered cyclic amide) rings is 1. The van der Waals surface area contributed by atoms with Crippen LogP contribution >= 0.6 is 0 Å². The van der Waals surface area contributed by atoms with E-state index < -0.39 is 22.1 Å². The number of fused-ring (bicyclic) bond motifs is 3. The normalized spacial score (nSPS) is 26.5. The molecule has 0 radical (unpaired) electrons. The van der Waals surface area contributed by atoms with Crippen LogP contribution in [0.15, 0.2) is 70.6 Å². The number of piperidine rings is 1. The lowest BCUT2D eigenvalue weighted by Gasteiger charge is -2.55. The molecular weight excluding hydrogens is 400 g/mol. The van der Waals surface area contributed by atoms with Gasteiger partial charge in [-0.25, -0.2) is 8.42 Å². The van der Waals surface area contributed by atoms with Crippen molar-refractivity contribution < 1.29 is 18.0 Å². The zero-order valence-electron chi connectivity index (χ0n) is 16.8. The smallest absolute Gasteiger partial charge is 0.248 e. The molecule has 2 saturated heterocycles. The highest BCUT2D eigenvalue weighted by molar-refractivity contribution is 7.89. The van der Waals surface area contributed by atoms with E-state index in [0.717, 1.165) is 16.8 Å². The van der Waals surface area contributed by atoms with E-state index in [4.69, 9.17) is 0 Å². The number of carbonyl (C=O) groups is 2. The SMILES string of the molecule is CC1=C2[C@@H](CC1=O)CN(S(=O)(=O)c1ccc(C)cc1)[C@@H]1C(=O)N(c3ccccc3)[C@H]21. The van der Waals surface area contributed by atoms with Crippen molar-refractivity contribution in [2.24, 2.45) is 5.92 Å². The third-order valence-corrected chi connectivity index (χ3v) is 8.34. The van der Waals surface area contributed by atoms with Crippen LogP contribution in [0.5, 0.6) is 0 Å². The van der Waals surface area contributed by atoms with Gasteiger partial charge in [-0.2, -0.15) is 4.31 Å². The van der Waals surface area contributed by atoms with Crippen molar-refractivity contribution in [3.05, 3.63) is 71.3 Å². The molecule has 30 heavy (non-hydrogen) atoms. The number of benzene rings is 2. The average Bonchev–Trinajstić information content (AvgIpc) is 3.01. The average molecular weight is 423 g/mol. The number of nitrogens with zero attached hydrogens (tertiary/aromatic N) is 2. The summed E-state index contributed by atoms with van der Waals surface area (Å²) >= 11 is 0. The number of anilines is 1. The Labute approximate surface area is 175 Å². The van der Waals surface area contributed by atoms with E-state index >= 15 is 0 Å². The quantitative estimate of drug-likeness (QED) is 0.713. The molecule has 5 rings (SSSR count). The molecule has 2 aromatic carbocycles. The number of Topliss-reactive ketones (excluding diaryl/α,β-unsaturated/α-hetero) is 1. The predicted octanol–water partition coefficient (Wildman–Crippen LogP) is 2.69. The van der Waals surface area contributed by atoms with Crippen molar-refractivity contribution in [2.45, 2.75) is 37.2 Å². The van der Waals surface area contributed by atoms with Gasteiger partial charge in [0.15, 0.2) is 5.78 Å². The third-order valence-electron chi connectivity index (χ3n) is 6.48. The number of hydrogen-bond donors (Lipinski definition) is 0. The highest BCUT2D eigenvalue weighted by Crippen LogP contribution is 2.48. The van der Waals surface area contributed by atoms with E-state index in [2.05, 4.69) is 0 Å². The summed E-state index contributed by atoms with van der Waals surface area (Å²) in [6, 6.07) is 14.6. The van der Waals surface area contributed by atoms with Crippen LogP contribution in [0.3, 0.4) is 0 Å². The van der Waals surface area contributed by atoms with Crippen molar-refractivity contribution in [1.29, 1.82) is 0 Å². The largest absolute Gasteiger partial charge is 0.302 e. The Morgan fingerprint density at radius 3 is 2.23 bits per heavy atom. The minimum Gasteiger partial charge on any atom is -0.302 e. The molecule has 6 nitrogen and oxygen atoms in total. The zero-order chi connectivity index (χ0) is 21.2. The van der Waals surface area contributed by atoms with Crippen molar-refractivity contribution in [2.75, 3.05) is 11.4 Å². The number of sulfonamides is 1. The highest BCUT2D eigenvalue weighted by Gasteiger charge is 2.61. The number of para-hydroxylation sites is 1. The monoisotopic (exact) mass is 422 g/mol. The van der Waals surface area contributed by atoms with Gasteiger partial charge in [0.05, 0.1) is 10.9 Å². The Balaban J connectivity index is 1.61. The molecule has 0 saturated carbocycles. The third kappa shape index (κ3) is 2.62. The summed E-state index contributed by atoms with van der Waals surface area (Å²) in [7, 11) is -3.87. The minimum absolute atomic E-state index is 0.0377. The number of aryl methyl sites for hydroxylation is 1. The van der Waals surface area contributed by atoms with Gasteiger partial charge in [0, 0.05) is 24.6 Å². The Bertz CT molecular complexity index is 1190. The first-order valence-corrected chi connectivity index (χ1v) is 11.4. The van der Waals surface area contributed by atoms with E-state index in [-0.39, 0.29) is 29.0 Å². The molecule has 0 N–H and O–H groups in total. The minimum atomic E-state index is -3.87.